The number of benzene rings is 1. The molecule has 26 heavy (non-hydrogen) atoms. The van der Waals surface area contributed by atoms with E-state index < -0.39 is 11.7 Å². The molecule has 0 spiro atoms. The van der Waals surface area contributed by atoms with Crippen LogP contribution in [-0.4, -0.2) is 35.4 Å². The van der Waals surface area contributed by atoms with Gasteiger partial charge < -0.3 is 0 Å². The Morgan fingerprint density at radius 3 is 2.85 bits per heavy atom. The van der Waals surface area contributed by atoms with Crippen molar-refractivity contribution in [3.05, 3.63) is 64.3 Å². The van der Waals surface area contributed by atoms with Crippen LogP contribution in [0, 0.1) is 6.92 Å². The van der Waals surface area contributed by atoms with Gasteiger partial charge in [0.25, 0.3) is 0 Å². The van der Waals surface area contributed by atoms with Crippen LogP contribution in [0.15, 0.2) is 36.5 Å². The van der Waals surface area contributed by atoms with Crippen LogP contribution in [0.2, 0.25) is 5.15 Å². The van der Waals surface area contributed by atoms with E-state index in [1.165, 1.54) is 12.1 Å². The number of nitrogens with one attached hydrogen (secondary N) is 1. The molecule has 7 nitrogen and oxygen atoms in total. The number of aromatic amines is 1. The Balaban J connectivity index is 1.81. The second kappa shape index (κ2) is 6.10. The number of H-pyrrole nitrogens is 1. The van der Waals surface area contributed by atoms with Crippen LogP contribution in [0.4, 0.5) is 8.78 Å². The number of hydrogen-bond acceptors (Lipinski definition) is 5. The van der Waals surface area contributed by atoms with Gasteiger partial charge in [-0.2, -0.15) is 19.1 Å². The molecule has 0 atom stereocenters. The summed E-state index contributed by atoms with van der Waals surface area (Å²) in [6, 6.07) is 7.92. The first kappa shape index (κ1) is 16.5. The predicted octanol–water partition coefficient (Wildman–Crippen LogP) is 3.09. The summed E-state index contributed by atoms with van der Waals surface area (Å²) in [5.74, 6) is -4.06. The molecule has 0 bridgehead atoms. The average Bonchev–Trinajstić information content (AvgIpc) is 3.26. The maximum Gasteiger partial charge on any atom is 0.335 e. The standard InChI is InChI=1S/C16H12ClF2N7/c1-9-12-5-4-11(16(18,19)15-21-24-25-22-15)7-13(12)26(23-9)8-10-3-2-6-20-14(10)17/h2-7H,8H2,1H3,(H,21,22,24,25). The van der Waals surface area contributed by atoms with Crippen molar-refractivity contribution in [2.75, 3.05) is 0 Å². The van der Waals surface area contributed by atoms with Gasteiger partial charge in [0.1, 0.15) is 5.15 Å². The molecule has 0 fully saturated rings. The van der Waals surface area contributed by atoms with Gasteiger partial charge in [0.15, 0.2) is 0 Å². The summed E-state index contributed by atoms with van der Waals surface area (Å²) in [5.41, 5.74) is 1.79. The largest absolute Gasteiger partial charge is 0.335 e. The van der Waals surface area contributed by atoms with Crippen LogP contribution in [0.25, 0.3) is 10.9 Å². The van der Waals surface area contributed by atoms with Gasteiger partial charge in [-0.15, -0.1) is 10.2 Å². The van der Waals surface area contributed by atoms with Crippen molar-refractivity contribution >= 4 is 22.5 Å². The Labute approximate surface area is 151 Å². The Morgan fingerprint density at radius 1 is 1.27 bits per heavy atom. The number of halogens is 3. The monoisotopic (exact) mass is 375 g/mol. The zero-order valence-corrected chi connectivity index (χ0v) is 14.2. The van der Waals surface area contributed by atoms with E-state index in [1.807, 2.05) is 13.0 Å². The maximum atomic E-state index is 14.6. The lowest BCUT2D eigenvalue weighted by Crippen LogP contribution is -2.17. The lowest BCUT2D eigenvalue weighted by atomic mass is 10.1. The molecule has 3 aromatic heterocycles. The van der Waals surface area contributed by atoms with Crippen LogP contribution < -0.4 is 0 Å². The van der Waals surface area contributed by atoms with Gasteiger partial charge in [-0.25, -0.2) is 4.98 Å². The number of tetrazole rings is 1. The summed E-state index contributed by atoms with van der Waals surface area (Å²) in [5, 5.41) is 17.6. The molecule has 0 unspecified atom stereocenters. The quantitative estimate of drug-likeness (QED) is 0.554. The molecule has 10 heteroatoms. The topological polar surface area (TPSA) is 85.2 Å². The third kappa shape index (κ3) is 2.70. The number of nitrogens with zero attached hydrogens (tertiary/aromatic N) is 6. The fourth-order valence-corrected chi connectivity index (χ4v) is 2.96. The Bertz CT molecular complexity index is 1080. The lowest BCUT2D eigenvalue weighted by Gasteiger charge is -2.13. The first-order valence-electron chi connectivity index (χ1n) is 7.65. The highest BCUT2D eigenvalue weighted by atomic mass is 35.5. The molecule has 4 aromatic rings. The molecule has 3 heterocycles. The van der Waals surface area contributed by atoms with E-state index in [9.17, 15) is 8.78 Å². The van der Waals surface area contributed by atoms with Crippen molar-refractivity contribution in [1.29, 1.82) is 0 Å². The first-order chi connectivity index (χ1) is 12.5. The van der Waals surface area contributed by atoms with Crippen molar-refractivity contribution in [1.82, 2.24) is 35.4 Å². The van der Waals surface area contributed by atoms with E-state index in [0.717, 1.165) is 16.6 Å². The van der Waals surface area contributed by atoms with Crippen LogP contribution >= 0.6 is 11.6 Å². The highest BCUT2D eigenvalue weighted by molar-refractivity contribution is 6.30. The molecule has 0 amide bonds. The summed E-state index contributed by atoms with van der Waals surface area (Å²) in [6.07, 6.45) is 1.59. The third-order valence-corrected chi connectivity index (χ3v) is 4.42. The highest BCUT2D eigenvalue weighted by Gasteiger charge is 2.39. The van der Waals surface area contributed by atoms with Gasteiger partial charge in [0, 0.05) is 22.7 Å². The Kier molecular flexibility index (Phi) is 3.87. The zero-order valence-electron chi connectivity index (χ0n) is 13.5. The number of hydrogen-bond donors (Lipinski definition) is 1. The smallest absolute Gasteiger partial charge is 0.260 e. The fourth-order valence-electron chi connectivity index (χ4n) is 2.78. The molecule has 0 aliphatic heterocycles. The van der Waals surface area contributed by atoms with Crippen LogP contribution in [0.1, 0.15) is 22.6 Å². The highest BCUT2D eigenvalue weighted by Crippen LogP contribution is 2.35. The third-order valence-electron chi connectivity index (χ3n) is 4.08. The van der Waals surface area contributed by atoms with Crippen LogP contribution in [0.3, 0.4) is 0 Å². The second-order valence-electron chi connectivity index (χ2n) is 5.74. The number of rotatable bonds is 4. The van der Waals surface area contributed by atoms with Gasteiger partial charge in [-0.3, -0.25) is 4.68 Å². The van der Waals surface area contributed by atoms with E-state index in [0.29, 0.717) is 17.2 Å². The van der Waals surface area contributed by atoms with Crippen molar-refractivity contribution in [3.63, 3.8) is 0 Å². The van der Waals surface area contributed by atoms with E-state index >= 15 is 0 Å². The molecule has 1 aromatic carbocycles. The molecular formula is C16H12ClF2N7. The zero-order chi connectivity index (χ0) is 18.3. The molecule has 0 radical (unpaired) electrons. The Morgan fingerprint density at radius 2 is 2.12 bits per heavy atom. The van der Waals surface area contributed by atoms with Crippen molar-refractivity contribution in [2.45, 2.75) is 19.4 Å². The number of aryl methyl sites for hydroxylation is 1. The first-order valence-corrected chi connectivity index (χ1v) is 8.03. The van der Waals surface area contributed by atoms with E-state index in [-0.39, 0.29) is 5.56 Å². The SMILES string of the molecule is Cc1nn(Cc2cccnc2Cl)c2cc(C(F)(F)c3nn[nH]n3)ccc12. The summed E-state index contributed by atoms with van der Waals surface area (Å²) in [6.45, 7) is 2.13. The predicted molar refractivity (Wildman–Crippen MR) is 90.0 cm³/mol. The van der Waals surface area contributed by atoms with Crippen molar-refractivity contribution in [2.24, 2.45) is 0 Å². The minimum Gasteiger partial charge on any atom is -0.260 e. The van der Waals surface area contributed by atoms with E-state index in [1.54, 1.807) is 23.0 Å². The Hall–Kier alpha value is -2.94. The summed E-state index contributed by atoms with van der Waals surface area (Å²) in [7, 11) is 0. The van der Waals surface area contributed by atoms with E-state index in [4.69, 9.17) is 11.6 Å². The summed E-state index contributed by atoms with van der Waals surface area (Å²) in [4.78, 5) is 4.03. The molecule has 1 N–H and O–H groups in total. The average molecular weight is 376 g/mol. The minimum atomic E-state index is -3.38. The molecule has 0 saturated carbocycles. The van der Waals surface area contributed by atoms with Crippen molar-refractivity contribution < 1.29 is 8.78 Å². The van der Waals surface area contributed by atoms with Crippen LogP contribution in [0.5, 0.6) is 0 Å². The summed E-state index contributed by atoms with van der Waals surface area (Å²) < 4.78 is 30.9. The number of aromatic nitrogens is 7. The lowest BCUT2D eigenvalue weighted by molar-refractivity contribution is 0.0330. The molecular weight excluding hydrogens is 364 g/mol. The molecule has 0 aliphatic rings. The normalized spacial score (nSPS) is 12.0. The maximum absolute atomic E-state index is 14.6. The summed E-state index contributed by atoms with van der Waals surface area (Å²) >= 11 is 6.10. The second-order valence-corrected chi connectivity index (χ2v) is 6.10. The number of fused-ring (bicyclic) bond motifs is 1. The molecule has 0 aliphatic carbocycles. The molecule has 0 saturated heterocycles. The minimum absolute atomic E-state index is 0.246. The molecule has 132 valence electrons. The number of pyridine rings is 1. The number of alkyl halides is 2. The van der Waals surface area contributed by atoms with Gasteiger partial charge in [0.05, 0.1) is 17.8 Å². The van der Waals surface area contributed by atoms with Gasteiger partial charge in [0.2, 0.25) is 5.82 Å². The van der Waals surface area contributed by atoms with Crippen LogP contribution in [-0.2, 0) is 12.5 Å². The van der Waals surface area contributed by atoms with E-state index in [2.05, 4.69) is 30.7 Å². The van der Waals surface area contributed by atoms with Crippen molar-refractivity contribution in [3.8, 4) is 0 Å². The van der Waals surface area contributed by atoms with Gasteiger partial charge >= 0.3 is 5.92 Å². The molecule has 4 rings (SSSR count). The van der Waals surface area contributed by atoms with Gasteiger partial charge in [-0.1, -0.05) is 29.8 Å². The van der Waals surface area contributed by atoms with Gasteiger partial charge in [-0.05, 0) is 24.3 Å². The fraction of sp³-hybridized carbons (Fsp3) is 0.188.